The Kier molecular flexibility index (Phi) is 5.37. The first-order valence-electron chi connectivity index (χ1n) is 5.03. The zero-order valence-electron chi connectivity index (χ0n) is 9.00. The molecule has 15 heavy (non-hydrogen) atoms. The Morgan fingerprint density at radius 1 is 1.47 bits per heavy atom. The summed E-state index contributed by atoms with van der Waals surface area (Å²) in [7, 11) is 0. The lowest BCUT2D eigenvalue weighted by atomic mass is 10.1. The van der Waals surface area contributed by atoms with Crippen LogP contribution in [0, 0.1) is 5.92 Å². The number of hydrogen-bond donors (Lipinski definition) is 1. The largest absolute Gasteiger partial charge is 0.308 e. The van der Waals surface area contributed by atoms with Gasteiger partial charge in [0.1, 0.15) is 0 Å². The molecular formula is C11H16Cl2N2. The molecule has 2 nitrogen and oxygen atoms in total. The number of rotatable bonds is 5. The molecule has 1 rings (SSSR count). The summed E-state index contributed by atoms with van der Waals surface area (Å²) in [6.45, 7) is 5.03. The van der Waals surface area contributed by atoms with Crippen LogP contribution in [0.2, 0.25) is 5.02 Å². The summed E-state index contributed by atoms with van der Waals surface area (Å²) in [5.74, 6) is 1.13. The van der Waals surface area contributed by atoms with Gasteiger partial charge < -0.3 is 5.32 Å². The van der Waals surface area contributed by atoms with E-state index < -0.39 is 0 Å². The monoisotopic (exact) mass is 246 g/mol. The standard InChI is InChI=1S/C11H16Cl2N2/c1-8(2)11(5-12)15-6-9-3-4-14-7-10(9)13/h3-4,7-8,11,15H,5-6H2,1-2H3. The molecule has 1 unspecified atom stereocenters. The Balaban J connectivity index is 2.53. The molecule has 1 aromatic rings. The van der Waals surface area contributed by atoms with Gasteiger partial charge >= 0.3 is 0 Å². The molecule has 4 heteroatoms. The molecule has 1 heterocycles. The van der Waals surface area contributed by atoms with E-state index in [-0.39, 0.29) is 0 Å². The third-order valence-electron chi connectivity index (χ3n) is 2.38. The Morgan fingerprint density at radius 3 is 2.73 bits per heavy atom. The van der Waals surface area contributed by atoms with Gasteiger partial charge in [0.2, 0.25) is 0 Å². The first kappa shape index (κ1) is 12.8. The van der Waals surface area contributed by atoms with Crippen LogP contribution in [0.5, 0.6) is 0 Å². The van der Waals surface area contributed by atoms with Crippen molar-refractivity contribution in [3.8, 4) is 0 Å². The van der Waals surface area contributed by atoms with E-state index in [9.17, 15) is 0 Å². The molecule has 0 aliphatic carbocycles. The summed E-state index contributed by atoms with van der Waals surface area (Å²) >= 11 is 11.9. The lowest BCUT2D eigenvalue weighted by molar-refractivity contribution is 0.430. The van der Waals surface area contributed by atoms with Crippen molar-refractivity contribution < 1.29 is 0 Å². The van der Waals surface area contributed by atoms with Gasteiger partial charge in [-0.05, 0) is 17.5 Å². The number of halogens is 2. The summed E-state index contributed by atoms with van der Waals surface area (Å²) in [6.07, 6.45) is 3.40. The lowest BCUT2D eigenvalue weighted by Crippen LogP contribution is -2.34. The van der Waals surface area contributed by atoms with Crippen LogP contribution >= 0.6 is 23.2 Å². The van der Waals surface area contributed by atoms with Gasteiger partial charge in [-0.15, -0.1) is 11.6 Å². The third kappa shape index (κ3) is 3.98. The molecule has 0 amide bonds. The third-order valence-corrected chi connectivity index (χ3v) is 3.05. The molecule has 0 spiro atoms. The van der Waals surface area contributed by atoms with Gasteiger partial charge in [-0.1, -0.05) is 25.4 Å². The molecule has 0 bridgehead atoms. The van der Waals surface area contributed by atoms with E-state index in [2.05, 4.69) is 24.1 Å². The predicted molar refractivity (Wildman–Crippen MR) is 65.4 cm³/mol. The fraction of sp³-hybridized carbons (Fsp3) is 0.545. The lowest BCUT2D eigenvalue weighted by Gasteiger charge is -2.19. The predicted octanol–water partition coefficient (Wildman–Crippen LogP) is 3.09. The van der Waals surface area contributed by atoms with Crippen LogP contribution < -0.4 is 5.32 Å². The van der Waals surface area contributed by atoms with Gasteiger partial charge in [-0.2, -0.15) is 0 Å². The van der Waals surface area contributed by atoms with Crippen molar-refractivity contribution in [2.45, 2.75) is 26.4 Å². The van der Waals surface area contributed by atoms with Crippen LogP contribution in [-0.4, -0.2) is 16.9 Å². The van der Waals surface area contributed by atoms with Gasteiger partial charge in [-0.25, -0.2) is 0 Å². The maximum absolute atomic E-state index is 5.99. The average Bonchev–Trinajstić information content (AvgIpc) is 2.21. The highest BCUT2D eigenvalue weighted by molar-refractivity contribution is 6.31. The molecular weight excluding hydrogens is 231 g/mol. The molecule has 1 atom stereocenters. The summed E-state index contributed by atoms with van der Waals surface area (Å²) in [4.78, 5) is 3.94. The quantitative estimate of drug-likeness (QED) is 0.809. The first-order chi connectivity index (χ1) is 7.15. The number of pyridine rings is 1. The Labute approximate surface area is 101 Å². The van der Waals surface area contributed by atoms with Gasteiger partial charge in [0, 0.05) is 30.9 Å². The smallest absolute Gasteiger partial charge is 0.0634 e. The molecule has 0 radical (unpaired) electrons. The number of hydrogen-bond acceptors (Lipinski definition) is 2. The minimum atomic E-state index is 0.316. The molecule has 84 valence electrons. The fourth-order valence-electron chi connectivity index (χ4n) is 1.26. The second kappa shape index (κ2) is 6.31. The van der Waals surface area contributed by atoms with Gasteiger partial charge in [0.25, 0.3) is 0 Å². The van der Waals surface area contributed by atoms with Crippen molar-refractivity contribution in [1.82, 2.24) is 10.3 Å². The van der Waals surface area contributed by atoms with Crippen molar-refractivity contribution in [1.29, 1.82) is 0 Å². The maximum atomic E-state index is 5.99. The summed E-state index contributed by atoms with van der Waals surface area (Å²) < 4.78 is 0. The van der Waals surface area contributed by atoms with Crippen molar-refractivity contribution in [3.63, 3.8) is 0 Å². The zero-order chi connectivity index (χ0) is 11.3. The van der Waals surface area contributed by atoms with Crippen LogP contribution in [0.15, 0.2) is 18.5 Å². The second-order valence-electron chi connectivity index (χ2n) is 3.85. The average molecular weight is 247 g/mol. The molecule has 1 aromatic heterocycles. The molecule has 0 aliphatic rings. The van der Waals surface area contributed by atoms with E-state index in [1.165, 1.54) is 0 Å². The highest BCUT2D eigenvalue weighted by Crippen LogP contribution is 2.14. The van der Waals surface area contributed by atoms with Crippen LogP contribution in [0.25, 0.3) is 0 Å². The Bertz CT molecular complexity index is 302. The van der Waals surface area contributed by atoms with Gasteiger partial charge in [0.05, 0.1) is 5.02 Å². The van der Waals surface area contributed by atoms with Crippen LogP contribution in [-0.2, 0) is 6.54 Å². The molecule has 1 N–H and O–H groups in total. The van der Waals surface area contributed by atoms with Gasteiger partial charge in [0.15, 0.2) is 0 Å². The molecule has 0 fully saturated rings. The van der Waals surface area contributed by atoms with E-state index in [1.807, 2.05) is 6.07 Å². The van der Waals surface area contributed by atoms with Crippen molar-refractivity contribution in [2.24, 2.45) is 5.92 Å². The van der Waals surface area contributed by atoms with Crippen molar-refractivity contribution in [3.05, 3.63) is 29.0 Å². The van der Waals surface area contributed by atoms with E-state index in [0.29, 0.717) is 22.9 Å². The van der Waals surface area contributed by atoms with Crippen LogP contribution in [0.1, 0.15) is 19.4 Å². The topological polar surface area (TPSA) is 24.9 Å². The summed E-state index contributed by atoms with van der Waals surface area (Å²) in [5.41, 5.74) is 1.06. The SMILES string of the molecule is CC(C)C(CCl)NCc1ccncc1Cl. The highest BCUT2D eigenvalue weighted by Gasteiger charge is 2.11. The fourth-order valence-corrected chi connectivity index (χ4v) is 1.91. The van der Waals surface area contributed by atoms with E-state index in [1.54, 1.807) is 12.4 Å². The van der Waals surface area contributed by atoms with E-state index in [0.717, 1.165) is 12.1 Å². The highest BCUT2D eigenvalue weighted by atomic mass is 35.5. The van der Waals surface area contributed by atoms with E-state index in [4.69, 9.17) is 23.2 Å². The van der Waals surface area contributed by atoms with E-state index >= 15 is 0 Å². The van der Waals surface area contributed by atoms with Crippen molar-refractivity contribution >= 4 is 23.2 Å². The summed E-state index contributed by atoms with van der Waals surface area (Å²) in [6, 6.07) is 2.23. The molecule has 0 aliphatic heterocycles. The maximum Gasteiger partial charge on any atom is 0.0634 e. The number of nitrogens with one attached hydrogen (secondary N) is 1. The second-order valence-corrected chi connectivity index (χ2v) is 4.57. The first-order valence-corrected chi connectivity index (χ1v) is 5.94. The Hall–Kier alpha value is -0.310. The number of alkyl halides is 1. The van der Waals surface area contributed by atoms with Crippen molar-refractivity contribution in [2.75, 3.05) is 5.88 Å². The zero-order valence-corrected chi connectivity index (χ0v) is 10.5. The number of nitrogens with zero attached hydrogens (tertiary/aromatic N) is 1. The normalized spacial score (nSPS) is 13.1. The Morgan fingerprint density at radius 2 is 2.20 bits per heavy atom. The number of aromatic nitrogens is 1. The molecule has 0 aromatic carbocycles. The summed E-state index contributed by atoms with van der Waals surface area (Å²) in [5, 5.41) is 4.08. The minimum Gasteiger partial charge on any atom is -0.308 e. The molecule has 0 saturated heterocycles. The van der Waals surface area contributed by atoms with Crippen LogP contribution in [0.4, 0.5) is 0 Å². The minimum absolute atomic E-state index is 0.316. The van der Waals surface area contributed by atoms with Crippen LogP contribution in [0.3, 0.4) is 0 Å². The van der Waals surface area contributed by atoms with Gasteiger partial charge in [-0.3, -0.25) is 4.98 Å². The molecule has 0 saturated carbocycles.